The number of likely N-dealkylation sites (N-methyl/N-ethyl adjacent to an activating group) is 1. The number of phosphoric ester groups is 1. The van der Waals surface area contributed by atoms with Crippen molar-refractivity contribution in [3.63, 3.8) is 0 Å². The summed E-state index contributed by atoms with van der Waals surface area (Å²) in [6.45, 7) is 4.29. The molecule has 83 heavy (non-hydrogen) atoms. The van der Waals surface area contributed by atoms with E-state index in [1.165, 1.54) is 122 Å². The van der Waals surface area contributed by atoms with Gasteiger partial charge >= 0.3 is 19.8 Å². The van der Waals surface area contributed by atoms with Crippen LogP contribution in [0.3, 0.4) is 0 Å². The van der Waals surface area contributed by atoms with Crippen molar-refractivity contribution in [1.29, 1.82) is 0 Å². The molecule has 2 atom stereocenters. The molecule has 0 aromatic carbocycles. The van der Waals surface area contributed by atoms with E-state index >= 15 is 0 Å². The first-order chi connectivity index (χ1) is 40.5. The average molecular weight is 1180 g/mol. The molecule has 1 N–H and O–H groups in total. The molecular formula is C73H125NO8P+. The summed E-state index contributed by atoms with van der Waals surface area (Å²) in [5.74, 6) is -0.836. The highest BCUT2D eigenvalue weighted by molar-refractivity contribution is 7.47. The van der Waals surface area contributed by atoms with Gasteiger partial charge in [-0.1, -0.05) is 289 Å². The number of rotatable bonds is 60. The third-order valence-electron chi connectivity index (χ3n) is 13.9. The van der Waals surface area contributed by atoms with E-state index in [2.05, 4.69) is 148 Å². The van der Waals surface area contributed by atoms with Crippen molar-refractivity contribution in [2.45, 2.75) is 270 Å². The van der Waals surface area contributed by atoms with Crippen LogP contribution in [0.5, 0.6) is 0 Å². The van der Waals surface area contributed by atoms with Gasteiger partial charge in [0, 0.05) is 12.8 Å². The molecule has 0 fully saturated rings. The first-order valence-corrected chi connectivity index (χ1v) is 34.9. The predicted molar refractivity (Wildman–Crippen MR) is 357 cm³/mol. The Kier molecular flexibility index (Phi) is 59.8. The van der Waals surface area contributed by atoms with Gasteiger partial charge in [0.1, 0.15) is 19.8 Å². The van der Waals surface area contributed by atoms with Gasteiger partial charge < -0.3 is 18.9 Å². The van der Waals surface area contributed by atoms with Crippen molar-refractivity contribution in [3.05, 3.63) is 134 Å². The molecule has 2 unspecified atom stereocenters. The second-order valence-electron chi connectivity index (χ2n) is 23.1. The van der Waals surface area contributed by atoms with E-state index in [0.717, 1.165) is 109 Å². The second-order valence-corrected chi connectivity index (χ2v) is 24.6. The van der Waals surface area contributed by atoms with Crippen LogP contribution < -0.4 is 0 Å². The molecular weight excluding hydrogens is 1050 g/mol. The normalized spacial score (nSPS) is 14.0. The minimum absolute atomic E-state index is 0.0194. The van der Waals surface area contributed by atoms with Crippen LogP contribution >= 0.6 is 7.82 Å². The number of allylic oxidation sites excluding steroid dienone is 22. The van der Waals surface area contributed by atoms with Gasteiger partial charge in [-0.3, -0.25) is 18.6 Å². The molecule has 0 aliphatic heterocycles. The van der Waals surface area contributed by atoms with Crippen molar-refractivity contribution < 1.29 is 42.1 Å². The highest BCUT2D eigenvalue weighted by Gasteiger charge is 2.27. The third kappa shape index (κ3) is 67.2. The molecule has 9 nitrogen and oxygen atoms in total. The summed E-state index contributed by atoms with van der Waals surface area (Å²) in [5, 5.41) is 0. The van der Waals surface area contributed by atoms with Crippen molar-refractivity contribution in [1.82, 2.24) is 0 Å². The maximum atomic E-state index is 12.8. The number of hydrogen-bond acceptors (Lipinski definition) is 7. The summed E-state index contributed by atoms with van der Waals surface area (Å²) in [6.07, 6.45) is 91.2. The van der Waals surface area contributed by atoms with E-state index in [9.17, 15) is 19.0 Å². The molecule has 10 heteroatoms. The summed E-state index contributed by atoms with van der Waals surface area (Å²) in [7, 11) is 1.44. The smallest absolute Gasteiger partial charge is 0.462 e. The van der Waals surface area contributed by atoms with E-state index in [0.29, 0.717) is 17.4 Å². The first-order valence-electron chi connectivity index (χ1n) is 33.4. The van der Waals surface area contributed by atoms with E-state index < -0.39 is 26.5 Å². The molecule has 0 aromatic rings. The molecule has 0 rings (SSSR count). The van der Waals surface area contributed by atoms with E-state index in [4.69, 9.17) is 18.5 Å². The topological polar surface area (TPSA) is 108 Å². The summed E-state index contributed by atoms with van der Waals surface area (Å²) in [6, 6.07) is 0. The number of phosphoric acid groups is 1. The van der Waals surface area contributed by atoms with Gasteiger partial charge in [0.2, 0.25) is 0 Å². The number of carbonyl (C=O) groups excluding carboxylic acids is 2. The van der Waals surface area contributed by atoms with Crippen LogP contribution in [0.15, 0.2) is 134 Å². The first kappa shape index (κ1) is 79.2. The van der Waals surface area contributed by atoms with Crippen LogP contribution in [-0.4, -0.2) is 74.9 Å². The molecule has 0 aliphatic rings. The summed E-state index contributed by atoms with van der Waals surface area (Å²) < 4.78 is 34.6. The summed E-state index contributed by atoms with van der Waals surface area (Å²) >= 11 is 0. The monoisotopic (exact) mass is 1170 g/mol. The molecule has 0 bridgehead atoms. The number of quaternary nitrogens is 1. The Balaban J connectivity index is 4.20. The average Bonchev–Trinajstić information content (AvgIpc) is 3.49. The van der Waals surface area contributed by atoms with Gasteiger partial charge in [0.25, 0.3) is 0 Å². The van der Waals surface area contributed by atoms with Gasteiger partial charge in [-0.2, -0.15) is 0 Å². The van der Waals surface area contributed by atoms with Gasteiger partial charge in [-0.05, 0) is 96.3 Å². The fourth-order valence-corrected chi connectivity index (χ4v) is 9.59. The number of unbranched alkanes of at least 4 members (excludes halogenated alkanes) is 24. The lowest BCUT2D eigenvalue weighted by Gasteiger charge is -2.24. The number of esters is 2. The number of carbonyl (C=O) groups is 2. The van der Waals surface area contributed by atoms with Crippen LogP contribution in [0.1, 0.15) is 264 Å². The fourth-order valence-electron chi connectivity index (χ4n) is 8.84. The molecule has 0 aromatic heterocycles. The largest absolute Gasteiger partial charge is 0.472 e. The van der Waals surface area contributed by atoms with Crippen molar-refractivity contribution in [2.75, 3.05) is 47.5 Å². The van der Waals surface area contributed by atoms with Crippen molar-refractivity contribution >= 4 is 19.8 Å². The van der Waals surface area contributed by atoms with Gasteiger partial charge in [-0.15, -0.1) is 0 Å². The van der Waals surface area contributed by atoms with E-state index in [1.54, 1.807) is 0 Å². The zero-order valence-corrected chi connectivity index (χ0v) is 54.8. The SMILES string of the molecule is CC/C=C\C/C=C\C/C=C\C/C=C\C/C=C\C/C=C\C/C=C\C/C=C\C/C=C\C/C=C\C/C=C\CCCCCC(=O)OC(COC(=O)CCCCCCCCCCCCCCCCCCCCCCCC)COP(=O)(O)OCC[N+](C)(C)C. The lowest BCUT2D eigenvalue weighted by molar-refractivity contribution is -0.870. The zero-order valence-electron chi connectivity index (χ0n) is 53.9. The lowest BCUT2D eigenvalue weighted by Crippen LogP contribution is -2.37. The molecule has 474 valence electrons. The van der Waals surface area contributed by atoms with Crippen molar-refractivity contribution in [2.24, 2.45) is 0 Å². The van der Waals surface area contributed by atoms with Gasteiger partial charge in [0.05, 0.1) is 27.7 Å². The molecule has 0 radical (unpaired) electrons. The Hall–Kier alpha value is -3.85. The molecule has 0 amide bonds. The quantitative estimate of drug-likeness (QED) is 0.0211. The number of ether oxygens (including phenoxy) is 2. The fraction of sp³-hybridized carbons (Fsp3) is 0.671. The molecule has 0 aliphatic carbocycles. The van der Waals surface area contributed by atoms with Crippen LogP contribution in [-0.2, 0) is 32.7 Å². The minimum atomic E-state index is -4.41. The highest BCUT2D eigenvalue weighted by atomic mass is 31.2. The van der Waals surface area contributed by atoms with E-state index in [-0.39, 0.29) is 32.0 Å². The highest BCUT2D eigenvalue weighted by Crippen LogP contribution is 2.43. The standard InChI is InChI=1S/C73H124NO8P/c1-6-8-10-12-14-16-18-20-22-24-26-28-30-31-32-33-34-35-36-37-38-39-40-41-42-43-44-46-48-50-52-54-56-58-60-62-64-66-73(76)82-71(70-81-83(77,78)80-68-67-74(3,4)5)69-79-72(75)65-63-61-59-57-55-53-51-49-47-45-29-27-25-23-21-19-17-15-13-11-9-7-2/h8,10,14,16,20,22,26,28,31-32,34-35,37-38,40-41,43-44,48,50,54,56,71H,6-7,9,11-13,15,17-19,21,23-25,27,29-30,33,36,39,42,45-47,49,51-53,55,57-70H2,1-5H3/p+1/b10-8-,16-14-,22-20-,28-26-,32-31-,35-34-,38-37-,41-40-,44-43-,50-48-,56-54-. The Morgan fingerprint density at radius 2 is 0.687 bits per heavy atom. The maximum absolute atomic E-state index is 12.8. The number of hydrogen-bond donors (Lipinski definition) is 1. The Bertz CT molecular complexity index is 1860. The molecule has 0 heterocycles. The van der Waals surface area contributed by atoms with Crippen LogP contribution in [0.4, 0.5) is 0 Å². The zero-order chi connectivity index (χ0) is 60.5. The Morgan fingerprint density at radius 1 is 0.386 bits per heavy atom. The minimum Gasteiger partial charge on any atom is -0.462 e. The Labute approximate surface area is 511 Å². The maximum Gasteiger partial charge on any atom is 0.472 e. The molecule has 0 saturated heterocycles. The predicted octanol–water partition coefficient (Wildman–Crippen LogP) is 21.7. The second kappa shape index (κ2) is 62.7. The molecule has 0 saturated carbocycles. The lowest BCUT2D eigenvalue weighted by atomic mass is 10.0. The van der Waals surface area contributed by atoms with Crippen LogP contribution in [0, 0.1) is 0 Å². The van der Waals surface area contributed by atoms with Crippen molar-refractivity contribution in [3.8, 4) is 0 Å². The summed E-state index contributed by atoms with van der Waals surface area (Å²) in [4.78, 5) is 35.8. The van der Waals surface area contributed by atoms with Crippen LogP contribution in [0.25, 0.3) is 0 Å². The van der Waals surface area contributed by atoms with Gasteiger partial charge in [-0.25, -0.2) is 4.57 Å². The third-order valence-corrected chi connectivity index (χ3v) is 14.9. The molecule has 0 spiro atoms. The number of nitrogens with zero attached hydrogens (tertiary/aromatic N) is 1. The van der Waals surface area contributed by atoms with E-state index in [1.807, 2.05) is 21.1 Å². The van der Waals surface area contributed by atoms with Crippen LogP contribution in [0.2, 0.25) is 0 Å². The summed E-state index contributed by atoms with van der Waals surface area (Å²) in [5.41, 5.74) is 0. The Morgan fingerprint density at radius 3 is 1.02 bits per heavy atom. The van der Waals surface area contributed by atoms with Gasteiger partial charge in [0.15, 0.2) is 6.10 Å².